The van der Waals surface area contributed by atoms with Gasteiger partial charge in [0, 0.05) is 5.02 Å². The Morgan fingerprint density at radius 1 is 1.26 bits per heavy atom. The van der Waals surface area contributed by atoms with Crippen LogP contribution in [0.1, 0.15) is 11.5 Å². The van der Waals surface area contributed by atoms with Crippen LogP contribution in [-0.4, -0.2) is 13.6 Å². The Bertz CT molecular complexity index is 706. The average Bonchev–Trinajstić information content (AvgIpc) is 2.63. The van der Waals surface area contributed by atoms with Crippen molar-refractivity contribution in [3.63, 3.8) is 0 Å². The first kappa shape index (κ1) is 14.2. The molecule has 5 nitrogen and oxygen atoms in total. The van der Waals surface area contributed by atoms with E-state index in [2.05, 4.69) is 9.88 Å². The minimum absolute atomic E-state index is 0.0125. The Balaban J connectivity index is 2.42. The van der Waals surface area contributed by atoms with Crippen LogP contribution in [0.15, 0.2) is 27.6 Å². The number of halogens is 2. The second kappa shape index (κ2) is 5.03. The first-order valence-electron chi connectivity index (χ1n) is 5.22. The molecular formula is C11H10Cl2N2O3S. The molecule has 0 unspecified atom stereocenters. The van der Waals surface area contributed by atoms with Crippen molar-refractivity contribution in [2.24, 2.45) is 0 Å². The number of sulfonamides is 1. The lowest BCUT2D eigenvalue weighted by Crippen LogP contribution is -2.14. The molecule has 0 radical (unpaired) electrons. The van der Waals surface area contributed by atoms with Gasteiger partial charge in [-0.1, -0.05) is 28.4 Å². The Kier molecular flexibility index (Phi) is 3.75. The van der Waals surface area contributed by atoms with Crippen LogP contribution in [0.2, 0.25) is 10.0 Å². The van der Waals surface area contributed by atoms with E-state index in [1.165, 1.54) is 19.1 Å². The van der Waals surface area contributed by atoms with Gasteiger partial charge >= 0.3 is 0 Å². The number of benzene rings is 1. The fourth-order valence-electron chi connectivity index (χ4n) is 1.63. The summed E-state index contributed by atoms with van der Waals surface area (Å²) in [5.74, 6) is 0.218. The van der Waals surface area contributed by atoms with Gasteiger partial charge in [0.1, 0.15) is 5.69 Å². The molecule has 8 heteroatoms. The number of aromatic nitrogens is 1. The number of nitrogens with one attached hydrogen (secondary N) is 1. The molecule has 102 valence electrons. The maximum atomic E-state index is 12.2. The molecule has 0 aliphatic carbocycles. The van der Waals surface area contributed by atoms with Gasteiger partial charge in [-0.15, -0.1) is 0 Å². The van der Waals surface area contributed by atoms with Gasteiger partial charge in [-0.2, -0.15) is 0 Å². The van der Waals surface area contributed by atoms with Gasteiger partial charge in [0.05, 0.1) is 10.7 Å². The van der Waals surface area contributed by atoms with E-state index >= 15 is 0 Å². The second-order valence-corrected chi connectivity index (χ2v) is 6.35. The standard InChI is InChI=1S/C11H10Cl2N2O3S/c1-6-11(7(2)18-14-6)19(16,17)15-10-4-3-8(12)5-9(10)13/h3-5,15H,1-2H3. The van der Waals surface area contributed by atoms with E-state index in [-0.39, 0.29) is 27.1 Å². The fraction of sp³-hybridized carbons (Fsp3) is 0.182. The van der Waals surface area contributed by atoms with Crippen LogP contribution in [0.25, 0.3) is 0 Å². The molecule has 2 rings (SSSR count). The monoisotopic (exact) mass is 320 g/mol. The summed E-state index contributed by atoms with van der Waals surface area (Å²) in [6.07, 6.45) is 0. The summed E-state index contributed by atoms with van der Waals surface area (Å²) >= 11 is 11.7. The third-order valence-corrected chi connectivity index (χ3v) is 4.57. The quantitative estimate of drug-likeness (QED) is 0.940. The Labute approximate surface area is 120 Å². The third-order valence-electron chi connectivity index (χ3n) is 2.41. The summed E-state index contributed by atoms with van der Waals surface area (Å²) in [7, 11) is -3.80. The molecule has 0 aliphatic heterocycles. The summed E-state index contributed by atoms with van der Waals surface area (Å²) in [4.78, 5) is 0.0125. The molecule has 0 bridgehead atoms. The van der Waals surface area contributed by atoms with Gasteiger partial charge in [-0.05, 0) is 32.0 Å². The van der Waals surface area contributed by atoms with Crippen LogP contribution in [0.3, 0.4) is 0 Å². The predicted octanol–water partition coefficient (Wildman–Crippen LogP) is 3.40. The average molecular weight is 321 g/mol. The molecule has 1 N–H and O–H groups in total. The molecule has 0 spiro atoms. The van der Waals surface area contributed by atoms with Crippen LogP contribution < -0.4 is 4.72 Å². The van der Waals surface area contributed by atoms with E-state index in [0.717, 1.165) is 0 Å². The normalized spacial score (nSPS) is 11.6. The first-order valence-corrected chi connectivity index (χ1v) is 7.46. The van der Waals surface area contributed by atoms with Crippen LogP contribution in [0.4, 0.5) is 5.69 Å². The van der Waals surface area contributed by atoms with Gasteiger partial charge in [0.15, 0.2) is 10.7 Å². The minimum Gasteiger partial charge on any atom is -0.360 e. The van der Waals surface area contributed by atoms with E-state index < -0.39 is 10.0 Å². The molecule has 1 heterocycles. The van der Waals surface area contributed by atoms with Crippen molar-refractivity contribution in [2.75, 3.05) is 4.72 Å². The number of hydrogen-bond acceptors (Lipinski definition) is 4. The van der Waals surface area contributed by atoms with Crippen molar-refractivity contribution < 1.29 is 12.9 Å². The highest BCUT2D eigenvalue weighted by Crippen LogP contribution is 2.29. The lowest BCUT2D eigenvalue weighted by Gasteiger charge is -2.09. The summed E-state index contributed by atoms with van der Waals surface area (Å²) < 4.78 is 31.7. The molecule has 19 heavy (non-hydrogen) atoms. The number of nitrogens with zero attached hydrogens (tertiary/aromatic N) is 1. The fourth-order valence-corrected chi connectivity index (χ4v) is 3.55. The molecule has 0 atom stereocenters. The van der Waals surface area contributed by atoms with Crippen molar-refractivity contribution in [2.45, 2.75) is 18.7 Å². The number of anilines is 1. The zero-order valence-electron chi connectivity index (χ0n) is 10.1. The van der Waals surface area contributed by atoms with Crippen LogP contribution >= 0.6 is 23.2 Å². The van der Waals surface area contributed by atoms with E-state index in [4.69, 9.17) is 27.7 Å². The highest BCUT2D eigenvalue weighted by Gasteiger charge is 2.24. The van der Waals surface area contributed by atoms with Crippen molar-refractivity contribution in [1.82, 2.24) is 5.16 Å². The molecule has 0 aliphatic rings. The molecule has 1 aromatic heterocycles. The highest BCUT2D eigenvalue weighted by atomic mass is 35.5. The van der Waals surface area contributed by atoms with Gasteiger partial charge < -0.3 is 4.52 Å². The number of hydrogen-bond donors (Lipinski definition) is 1. The van der Waals surface area contributed by atoms with Crippen LogP contribution in [0.5, 0.6) is 0 Å². The molecule has 1 aromatic carbocycles. The van der Waals surface area contributed by atoms with Crippen LogP contribution in [-0.2, 0) is 10.0 Å². The molecule has 0 saturated carbocycles. The molecule has 0 fully saturated rings. The maximum absolute atomic E-state index is 12.2. The van der Waals surface area contributed by atoms with E-state index in [9.17, 15) is 8.42 Å². The second-order valence-electron chi connectivity index (χ2n) is 3.88. The Hall–Kier alpha value is -1.24. The Morgan fingerprint density at radius 3 is 2.47 bits per heavy atom. The zero-order chi connectivity index (χ0) is 14.2. The van der Waals surface area contributed by atoms with E-state index in [0.29, 0.717) is 5.02 Å². The summed E-state index contributed by atoms with van der Waals surface area (Å²) in [5.41, 5.74) is 0.529. The van der Waals surface area contributed by atoms with Gasteiger partial charge in [-0.3, -0.25) is 4.72 Å². The molecule has 2 aromatic rings. The van der Waals surface area contributed by atoms with Crippen molar-refractivity contribution >= 4 is 38.9 Å². The predicted molar refractivity (Wildman–Crippen MR) is 73.2 cm³/mol. The topological polar surface area (TPSA) is 72.2 Å². The lowest BCUT2D eigenvalue weighted by molar-refractivity contribution is 0.390. The highest BCUT2D eigenvalue weighted by molar-refractivity contribution is 7.92. The lowest BCUT2D eigenvalue weighted by atomic mass is 10.3. The third kappa shape index (κ3) is 2.86. The van der Waals surface area contributed by atoms with E-state index in [1.54, 1.807) is 13.0 Å². The van der Waals surface area contributed by atoms with Gasteiger partial charge in [0.25, 0.3) is 10.0 Å². The SMILES string of the molecule is Cc1noc(C)c1S(=O)(=O)Nc1ccc(Cl)cc1Cl. The number of rotatable bonds is 3. The summed E-state index contributed by atoms with van der Waals surface area (Å²) in [6, 6.07) is 4.48. The summed E-state index contributed by atoms with van der Waals surface area (Å²) in [5, 5.41) is 4.24. The van der Waals surface area contributed by atoms with Crippen molar-refractivity contribution in [3.8, 4) is 0 Å². The van der Waals surface area contributed by atoms with Crippen molar-refractivity contribution in [3.05, 3.63) is 39.7 Å². The largest absolute Gasteiger partial charge is 0.360 e. The first-order chi connectivity index (χ1) is 8.81. The molecular weight excluding hydrogens is 311 g/mol. The van der Waals surface area contributed by atoms with E-state index in [1.807, 2.05) is 0 Å². The van der Waals surface area contributed by atoms with Gasteiger partial charge in [0.2, 0.25) is 0 Å². The Morgan fingerprint density at radius 2 is 1.95 bits per heavy atom. The zero-order valence-corrected chi connectivity index (χ0v) is 12.4. The number of aryl methyl sites for hydroxylation is 2. The summed E-state index contributed by atoms with van der Waals surface area (Å²) in [6.45, 7) is 3.08. The molecule has 0 amide bonds. The van der Waals surface area contributed by atoms with Crippen molar-refractivity contribution in [1.29, 1.82) is 0 Å². The van der Waals surface area contributed by atoms with Crippen LogP contribution in [0, 0.1) is 13.8 Å². The van der Waals surface area contributed by atoms with Gasteiger partial charge in [-0.25, -0.2) is 8.42 Å². The minimum atomic E-state index is -3.80. The smallest absolute Gasteiger partial charge is 0.267 e. The maximum Gasteiger partial charge on any atom is 0.267 e. The molecule has 0 saturated heterocycles.